The van der Waals surface area contributed by atoms with Crippen LogP contribution in [0.2, 0.25) is 0 Å². The van der Waals surface area contributed by atoms with E-state index in [-0.39, 0.29) is 5.91 Å². The molecule has 0 unspecified atom stereocenters. The fourth-order valence-electron chi connectivity index (χ4n) is 1.54. The minimum atomic E-state index is -0.176. The monoisotopic (exact) mass is 205 g/mol. The highest BCUT2D eigenvalue weighted by Gasteiger charge is 2.13. The van der Waals surface area contributed by atoms with Crippen molar-refractivity contribution in [2.24, 2.45) is 0 Å². The molecule has 15 heavy (non-hydrogen) atoms. The van der Waals surface area contributed by atoms with E-state index in [4.69, 9.17) is 4.52 Å². The summed E-state index contributed by atoms with van der Waals surface area (Å²) >= 11 is 0. The molecule has 0 aliphatic carbocycles. The third kappa shape index (κ3) is 1.68. The molecule has 0 atom stereocenters. The predicted octanol–water partition coefficient (Wildman–Crippen LogP) is 1.80. The van der Waals surface area contributed by atoms with Gasteiger partial charge in [0.1, 0.15) is 0 Å². The maximum absolute atomic E-state index is 10.9. The Balaban J connectivity index is 2.63. The second-order valence-corrected chi connectivity index (χ2v) is 3.47. The number of anilines is 1. The van der Waals surface area contributed by atoms with Crippen LogP contribution in [0.3, 0.4) is 0 Å². The zero-order valence-corrected chi connectivity index (χ0v) is 8.79. The first-order valence-electron chi connectivity index (χ1n) is 4.59. The number of aryl methyl sites for hydroxylation is 2. The Hall–Kier alpha value is -1.91. The molecule has 0 bridgehead atoms. The fourth-order valence-corrected chi connectivity index (χ4v) is 1.54. The van der Waals surface area contributed by atoms with E-state index in [1.54, 1.807) is 0 Å². The van der Waals surface area contributed by atoms with Crippen molar-refractivity contribution in [1.29, 1.82) is 0 Å². The van der Waals surface area contributed by atoms with Gasteiger partial charge in [-0.25, -0.2) is 4.98 Å². The van der Waals surface area contributed by atoms with Crippen molar-refractivity contribution in [3.8, 4) is 0 Å². The molecule has 0 aliphatic rings. The van der Waals surface area contributed by atoms with Crippen LogP contribution in [0.5, 0.6) is 0 Å². The highest BCUT2D eigenvalue weighted by Crippen LogP contribution is 2.25. The van der Waals surface area contributed by atoms with Crippen molar-refractivity contribution >= 4 is 22.8 Å². The molecule has 1 amide bonds. The quantitative estimate of drug-likeness (QED) is 0.770. The van der Waals surface area contributed by atoms with Crippen LogP contribution in [0.1, 0.15) is 18.2 Å². The number of rotatable bonds is 1. The molecule has 5 nitrogen and oxygen atoms in total. The van der Waals surface area contributed by atoms with Gasteiger partial charge in [0.25, 0.3) is 5.71 Å². The van der Waals surface area contributed by atoms with Gasteiger partial charge in [0.2, 0.25) is 5.91 Å². The average molecular weight is 205 g/mol. The Kier molecular flexibility index (Phi) is 2.15. The highest BCUT2D eigenvalue weighted by atomic mass is 16.5. The first kappa shape index (κ1) is 9.64. The number of hydrogen-bond acceptors (Lipinski definition) is 4. The van der Waals surface area contributed by atoms with Gasteiger partial charge < -0.3 is 9.84 Å². The smallest absolute Gasteiger partial charge is 0.260 e. The standard InChI is InChI=1S/C10H11N3O2/c1-5-4-6(2)11-10-8(5)9(13-15-10)12-7(3)14/h4H,1-3H3,(H,12,13,14). The average Bonchev–Trinajstić information content (AvgIpc) is 2.46. The number of aromatic nitrogens is 2. The second kappa shape index (κ2) is 3.34. The Morgan fingerprint density at radius 1 is 1.47 bits per heavy atom. The Bertz CT molecular complexity index is 531. The van der Waals surface area contributed by atoms with Crippen LogP contribution in [0.15, 0.2) is 10.6 Å². The topological polar surface area (TPSA) is 68.0 Å². The van der Waals surface area contributed by atoms with E-state index in [2.05, 4.69) is 15.5 Å². The van der Waals surface area contributed by atoms with Crippen LogP contribution < -0.4 is 5.32 Å². The van der Waals surface area contributed by atoms with Gasteiger partial charge in [-0.05, 0) is 25.5 Å². The summed E-state index contributed by atoms with van der Waals surface area (Å²) in [6, 6.07) is 1.92. The molecule has 2 rings (SSSR count). The summed E-state index contributed by atoms with van der Waals surface area (Å²) in [5.74, 6) is 0.257. The minimum absolute atomic E-state index is 0.176. The molecule has 0 saturated carbocycles. The van der Waals surface area contributed by atoms with Crippen LogP contribution in [-0.4, -0.2) is 16.0 Å². The number of amides is 1. The number of pyridine rings is 1. The van der Waals surface area contributed by atoms with E-state index in [1.807, 2.05) is 19.9 Å². The Morgan fingerprint density at radius 3 is 2.87 bits per heavy atom. The van der Waals surface area contributed by atoms with E-state index in [9.17, 15) is 4.79 Å². The summed E-state index contributed by atoms with van der Waals surface area (Å²) in [6.07, 6.45) is 0. The normalized spacial score (nSPS) is 10.6. The fraction of sp³-hybridized carbons (Fsp3) is 0.300. The molecule has 0 aromatic carbocycles. The zero-order valence-electron chi connectivity index (χ0n) is 8.79. The van der Waals surface area contributed by atoms with Crippen LogP contribution in [0.25, 0.3) is 11.1 Å². The minimum Gasteiger partial charge on any atom is -0.334 e. The molecule has 5 heteroatoms. The van der Waals surface area contributed by atoms with Gasteiger partial charge in [-0.15, -0.1) is 0 Å². The van der Waals surface area contributed by atoms with Gasteiger partial charge in [-0.2, -0.15) is 0 Å². The number of nitrogens with zero attached hydrogens (tertiary/aromatic N) is 2. The summed E-state index contributed by atoms with van der Waals surface area (Å²) in [7, 11) is 0. The van der Waals surface area contributed by atoms with Gasteiger partial charge >= 0.3 is 0 Å². The Labute approximate surface area is 86.5 Å². The molecule has 0 radical (unpaired) electrons. The lowest BCUT2D eigenvalue weighted by Gasteiger charge is -1.99. The molecule has 1 N–H and O–H groups in total. The number of carbonyl (C=O) groups excluding carboxylic acids is 1. The van der Waals surface area contributed by atoms with Gasteiger partial charge in [0.05, 0.1) is 5.39 Å². The first-order valence-corrected chi connectivity index (χ1v) is 4.59. The number of fused-ring (bicyclic) bond motifs is 1. The highest BCUT2D eigenvalue weighted by molar-refractivity contribution is 5.98. The summed E-state index contributed by atoms with van der Waals surface area (Å²) in [6.45, 7) is 5.24. The maximum Gasteiger partial charge on any atom is 0.260 e. The van der Waals surface area contributed by atoms with Crippen molar-refractivity contribution in [2.75, 3.05) is 5.32 Å². The molecule has 0 saturated heterocycles. The van der Waals surface area contributed by atoms with Crippen molar-refractivity contribution in [1.82, 2.24) is 10.1 Å². The maximum atomic E-state index is 10.9. The largest absolute Gasteiger partial charge is 0.334 e. The van der Waals surface area contributed by atoms with E-state index < -0.39 is 0 Å². The van der Waals surface area contributed by atoms with E-state index in [0.717, 1.165) is 16.6 Å². The molecule has 78 valence electrons. The molecule has 0 fully saturated rings. The van der Waals surface area contributed by atoms with E-state index in [1.165, 1.54) is 6.92 Å². The van der Waals surface area contributed by atoms with Crippen LogP contribution in [0.4, 0.5) is 5.82 Å². The number of hydrogen-bond donors (Lipinski definition) is 1. The van der Waals surface area contributed by atoms with Crippen molar-refractivity contribution in [3.05, 3.63) is 17.3 Å². The predicted molar refractivity (Wildman–Crippen MR) is 55.6 cm³/mol. The summed E-state index contributed by atoms with van der Waals surface area (Å²) in [4.78, 5) is 15.1. The molecule has 2 aromatic rings. The molecule has 0 spiro atoms. The van der Waals surface area contributed by atoms with Gasteiger partial charge in [0, 0.05) is 12.6 Å². The van der Waals surface area contributed by atoms with Gasteiger partial charge in [-0.1, -0.05) is 5.16 Å². The molecule has 2 aromatic heterocycles. The lowest BCUT2D eigenvalue weighted by atomic mass is 10.2. The Morgan fingerprint density at radius 2 is 2.20 bits per heavy atom. The van der Waals surface area contributed by atoms with Crippen LogP contribution >= 0.6 is 0 Å². The summed E-state index contributed by atoms with van der Waals surface area (Å²) in [5, 5.41) is 7.13. The third-order valence-electron chi connectivity index (χ3n) is 2.07. The molecule has 0 aliphatic heterocycles. The van der Waals surface area contributed by atoms with Gasteiger partial charge in [-0.3, -0.25) is 4.79 Å². The van der Waals surface area contributed by atoms with Crippen molar-refractivity contribution < 1.29 is 9.32 Å². The second-order valence-electron chi connectivity index (χ2n) is 3.47. The molecular formula is C10H11N3O2. The van der Waals surface area contributed by atoms with Crippen LogP contribution in [0, 0.1) is 13.8 Å². The summed E-state index contributed by atoms with van der Waals surface area (Å²) in [5.41, 5.74) is 2.31. The lowest BCUT2D eigenvalue weighted by Crippen LogP contribution is -2.06. The van der Waals surface area contributed by atoms with Crippen LogP contribution in [-0.2, 0) is 4.79 Å². The third-order valence-corrected chi connectivity index (χ3v) is 2.07. The number of carbonyl (C=O) groups is 1. The number of nitrogens with one attached hydrogen (secondary N) is 1. The van der Waals surface area contributed by atoms with E-state index >= 15 is 0 Å². The van der Waals surface area contributed by atoms with E-state index in [0.29, 0.717) is 11.5 Å². The van der Waals surface area contributed by atoms with Crippen molar-refractivity contribution in [2.45, 2.75) is 20.8 Å². The SMILES string of the molecule is CC(=O)Nc1noc2nc(C)cc(C)c12. The van der Waals surface area contributed by atoms with Gasteiger partial charge in [0.15, 0.2) is 5.82 Å². The molecule has 2 heterocycles. The first-order chi connectivity index (χ1) is 7.08. The lowest BCUT2D eigenvalue weighted by molar-refractivity contribution is -0.114. The molecular weight excluding hydrogens is 194 g/mol. The zero-order chi connectivity index (χ0) is 11.0. The summed E-state index contributed by atoms with van der Waals surface area (Å²) < 4.78 is 5.04. The van der Waals surface area contributed by atoms with Crippen molar-refractivity contribution in [3.63, 3.8) is 0 Å².